The van der Waals surface area contributed by atoms with Crippen molar-refractivity contribution in [3.05, 3.63) is 0 Å². The van der Waals surface area contributed by atoms with Gasteiger partial charge in [0.05, 0.1) is 9.39 Å². The second-order valence-corrected chi connectivity index (χ2v) is 1.50. The molecule has 0 aliphatic carbocycles. The first-order chi connectivity index (χ1) is 3.91. The third-order valence-electron chi connectivity index (χ3n) is 0.808. The van der Waals surface area contributed by atoms with Gasteiger partial charge in [-0.15, -0.1) is 0 Å². The minimum absolute atomic E-state index is 0.855. The van der Waals surface area contributed by atoms with Crippen LogP contribution in [0.15, 0.2) is 0 Å². The highest BCUT2D eigenvalue weighted by atomic mass is 32.3. The van der Waals surface area contributed by atoms with Gasteiger partial charge in [-0.25, -0.2) is 12.1 Å². The lowest BCUT2D eigenvalue weighted by atomic mass is 10.3. The molecule has 0 aromatic rings. The minimum Gasteiger partial charge on any atom is -0.330 e. The molecule has 0 spiro atoms. The summed E-state index contributed by atoms with van der Waals surface area (Å²) in [5.41, 5.74) is 5.21. The molecule has 0 aromatic heterocycles. The number of thiol groups is 1. The Morgan fingerprint density at radius 3 is 2.00 bits per heavy atom. The highest BCUT2D eigenvalue weighted by Crippen LogP contribution is 1.88. The van der Waals surface area contributed by atoms with E-state index in [1.54, 1.807) is 0 Å². The largest absolute Gasteiger partial charge is 0.330 e. The Hall–Kier alpha value is 0.527. The molecule has 2 N–H and O–H groups in total. The Labute approximate surface area is 60.5 Å². The third-order valence-corrected chi connectivity index (χ3v) is 0.808. The summed E-state index contributed by atoms with van der Waals surface area (Å²) in [6, 6.07) is 0. The van der Waals surface area contributed by atoms with Crippen molar-refractivity contribution in [1.82, 2.24) is 0 Å². The van der Waals surface area contributed by atoms with Crippen molar-refractivity contribution in [1.29, 1.82) is 0 Å². The monoisotopic (exact) mass is 151 g/mol. The molecule has 0 bridgehead atoms. The van der Waals surface area contributed by atoms with Crippen LogP contribution in [0.1, 0.15) is 26.2 Å². The first-order valence-electron chi connectivity index (χ1n) is 3.06. The van der Waals surface area contributed by atoms with E-state index in [4.69, 9.17) is 5.73 Å². The second kappa shape index (κ2) is 15.6. The highest BCUT2D eigenvalue weighted by molar-refractivity contribution is 8.03. The van der Waals surface area contributed by atoms with E-state index in [0.29, 0.717) is 0 Å². The third kappa shape index (κ3) is 16.0. The van der Waals surface area contributed by atoms with Crippen LogP contribution in [-0.2, 0) is 0 Å². The van der Waals surface area contributed by atoms with Crippen LogP contribution >= 0.6 is 12.1 Å². The predicted octanol–water partition coefficient (Wildman–Crippen LogP) is 0.332. The van der Waals surface area contributed by atoms with Crippen LogP contribution < -0.4 is 5.73 Å². The van der Waals surface area contributed by atoms with Crippen LogP contribution in [0.5, 0.6) is 0 Å². The fourth-order valence-electron chi connectivity index (χ4n) is 0.394. The van der Waals surface area contributed by atoms with Crippen molar-refractivity contribution in [3.63, 3.8) is 0 Å². The molecule has 0 rings (SSSR count). The zero-order chi connectivity index (χ0) is 6.83. The van der Waals surface area contributed by atoms with Crippen molar-refractivity contribution in [2.75, 3.05) is 6.54 Å². The zero-order valence-corrected chi connectivity index (χ0v) is 8.75. The molecule has 0 atom stereocenters. The lowest BCUT2D eigenvalue weighted by Crippen LogP contribution is -1.96. The summed E-state index contributed by atoms with van der Waals surface area (Å²) in [6.07, 6.45) is 3.75. The Kier molecular flexibility index (Phi) is 22.2. The van der Waals surface area contributed by atoms with Crippen LogP contribution in [-0.4, -0.2) is 15.9 Å². The molecule has 0 heterocycles. The van der Waals surface area contributed by atoms with Crippen molar-refractivity contribution < 1.29 is 0 Å². The SMILES string of the molecule is CCCCCN.[SiH3]S. The Bertz CT molecular complexity index is 24.4. The van der Waals surface area contributed by atoms with Gasteiger partial charge in [-0.3, -0.25) is 0 Å². The van der Waals surface area contributed by atoms with Crippen LogP contribution in [0.3, 0.4) is 0 Å². The van der Waals surface area contributed by atoms with Crippen LogP contribution in [0, 0.1) is 0 Å². The quantitative estimate of drug-likeness (QED) is 0.339. The molecule has 0 unspecified atom stereocenters. The zero-order valence-electron chi connectivity index (χ0n) is 5.85. The van der Waals surface area contributed by atoms with Gasteiger partial charge in [0.2, 0.25) is 0 Å². The lowest BCUT2D eigenvalue weighted by molar-refractivity contribution is 0.727. The first kappa shape index (κ1) is 11.3. The number of rotatable bonds is 3. The summed E-state index contributed by atoms with van der Waals surface area (Å²) in [4.78, 5) is 0. The molecular formula is C5H17NSSi. The maximum atomic E-state index is 5.21. The summed E-state index contributed by atoms with van der Waals surface area (Å²) in [5, 5.41) is 0. The predicted molar refractivity (Wildman–Crippen MR) is 47.5 cm³/mol. The standard InChI is InChI=1S/C5H13N.H4SSi/c1-2-3-4-5-6;1-2/h2-6H2,1H3;1H,2H3. The molecule has 1 nitrogen and oxygen atoms in total. The van der Waals surface area contributed by atoms with E-state index in [1.165, 1.54) is 19.3 Å². The average Bonchev–Trinajstić information content (AvgIpc) is 1.88. The van der Waals surface area contributed by atoms with E-state index in [2.05, 4.69) is 19.0 Å². The maximum Gasteiger partial charge on any atom is 0.0652 e. The van der Waals surface area contributed by atoms with E-state index >= 15 is 0 Å². The van der Waals surface area contributed by atoms with Gasteiger partial charge < -0.3 is 5.73 Å². The molecule has 8 heavy (non-hydrogen) atoms. The van der Waals surface area contributed by atoms with E-state index in [-0.39, 0.29) is 0 Å². The van der Waals surface area contributed by atoms with E-state index in [0.717, 1.165) is 15.9 Å². The molecule has 0 saturated heterocycles. The molecule has 0 aliphatic heterocycles. The molecule has 52 valence electrons. The molecule has 0 aromatic carbocycles. The molecular weight excluding hydrogens is 134 g/mol. The van der Waals surface area contributed by atoms with Crippen LogP contribution in [0.2, 0.25) is 0 Å². The molecule has 0 aliphatic rings. The molecule has 0 amide bonds. The van der Waals surface area contributed by atoms with Gasteiger partial charge in [-0.1, -0.05) is 19.8 Å². The van der Waals surface area contributed by atoms with Crippen LogP contribution in [0.25, 0.3) is 0 Å². The summed E-state index contributed by atoms with van der Waals surface area (Å²) in [7, 11) is 1.00. The smallest absolute Gasteiger partial charge is 0.0652 e. The minimum atomic E-state index is 0.855. The summed E-state index contributed by atoms with van der Waals surface area (Å²) < 4.78 is 0. The molecule has 3 heteroatoms. The average molecular weight is 151 g/mol. The fourth-order valence-corrected chi connectivity index (χ4v) is 0.394. The Balaban J connectivity index is 0. The molecule has 0 saturated carbocycles. The summed E-state index contributed by atoms with van der Waals surface area (Å²) in [5.74, 6) is 0. The van der Waals surface area contributed by atoms with E-state index < -0.39 is 0 Å². The highest BCUT2D eigenvalue weighted by Gasteiger charge is 1.75. The number of hydrogen-bond acceptors (Lipinski definition) is 2. The van der Waals surface area contributed by atoms with Gasteiger partial charge in [0, 0.05) is 0 Å². The van der Waals surface area contributed by atoms with Crippen molar-refractivity contribution in [3.8, 4) is 0 Å². The Morgan fingerprint density at radius 1 is 1.38 bits per heavy atom. The number of unbranched alkanes of at least 4 members (excludes halogenated alkanes) is 2. The van der Waals surface area contributed by atoms with Gasteiger partial charge in [0.25, 0.3) is 0 Å². The van der Waals surface area contributed by atoms with Gasteiger partial charge in [-0.05, 0) is 13.0 Å². The normalized spacial score (nSPS) is 7.88. The van der Waals surface area contributed by atoms with Gasteiger partial charge in [-0.2, -0.15) is 0 Å². The lowest BCUT2D eigenvalue weighted by Gasteiger charge is -1.86. The van der Waals surface area contributed by atoms with Gasteiger partial charge in [0.15, 0.2) is 0 Å². The van der Waals surface area contributed by atoms with Crippen LogP contribution in [0.4, 0.5) is 0 Å². The fraction of sp³-hybridized carbons (Fsp3) is 1.00. The van der Waals surface area contributed by atoms with Crippen molar-refractivity contribution >= 4 is 21.5 Å². The van der Waals surface area contributed by atoms with Crippen molar-refractivity contribution in [2.45, 2.75) is 26.2 Å². The van der Waals surface area contributed by atoms with Crippen molar-refractivity contribution in [2.24, 2.45) is 5.73 Å². The number of nitrogens with two attached hydrogens (primary N) is 1. The summed E-state index contributed by atoms with van der Waals surface area (Å²) in [6.45, 7) is 3.03. The van der Waals surface area contributed by atoms with E-state index in [9.17, 15) is 0 Å². The van der Waals surface area contributed by atoms with Gasteiger partial charge in [0.1, 0.15) is 0 Å². The van der Waals surface area contributed by atoms with Gasteiger partial charge >= 0.3 is 0 Å². The Morgan fingerprint density at radius 2 is 1.88 bits per heavy atom. The second-order valence-electron chi connectivity index (χ2n) is 1.50. The summed E-state index contributed by atoms with van der Waals surface area (Å²) >= 11 is 3.67. The number of hydrogen-bond donors (Lipinski definition) is 2. The first-order valence-corrected chi connectivity index (χ1v) is 6.64. The topological polar surface area (TPSA) is 26.0 Å². The van der Waals surface area contributed by atoms with E-state index in [1.807, 2.05) is 0 Å². The maximum absolute atomic E-state index is 5.21. The molecule has 0 fully saturated rings. The molecule has 0 radical (unpaired) electrons.